The van der Waals surface area contributed by atoms with Crippen molar-refractivity contribution < 1.29 is 19.2 Å². The van der Waals surface area contributed by atoms with Crippen molar-refractivity contribution in [2.24, 2.45) is 7.05 Å². The van der Waals surface area contributed by atoms with Crippen LogP contribution in [0.1, 0.15) is 31.1 Å². The predicted octanol–water partition coefficient (Wildman–Crippen LogP) is 1.85. The van der Waals surface area contributed by atoms with Crippen molar-refractivity contribution in [3.8, 4) is 11.3 Å². The Kier molecular flexibility index (Phi) is 3.58. The minimum atomic E-state index is -0.848. The first kappa shape index (κ1) is 15.7. The Morgan fingerprint density at radius 3 is 2.23 bits per heavy atom. The predicted molar refractivity (Wildman–Crippen MR) is 88.8 cm³/mol. The summed E-state index contributed by atoms with van der Waals surface area (Å²) in [5.74, 6) is -2.19. The Morgan fingerprint density at radius 2 is 1.62 bits per heavy atom. The summed E-state index contributed by atoms with van der Waals surface area (Å²) < 4.78 is 1.45. The van der Waals surface area contributed by atoms with Crippen molar-refractivity contribution in [2.75, 3.05) is 0 Å². The summed E-state index contributed by atoms with van der Waals surface area (Å²) >= 11 is 0. The molecule has 1 aliphatic rings. The number of rotatable bonds is 3. The number of fused-ring (bicyclic) bond motifs is 1. The number of hydroxylamine groups is 2. The molecule has 4 rings (SSSR count). The van der Waals surface area contributed by atoms with Gasteiger partial charge in [0.05, 0.1) is 11.1 Å². The van der Waals surface area contributed by atoms with Crippen LogP contribution in [0.3, 0.4) is 0 Å². The molecule has 0 radical (unpaired) electrons. The summed E-state index contributed by atoms with van der Waals surface area (Å²) in [6.07, 6.45) is 4.61. The zero-order valence-electron chi connectivity index (χ0n) is 13.6. The first-order valence-corrected chi connectivity index (χ1v) is 7.70. The van der Waals surface area contributed by atoms with Crippen LogP contribution in [0.25, 0.3) is 11.3 Å². The van der Waals surface area contributed by atoms with E-state index in [-0.39, 0.29) is 16.7 Å². The van der Waals surface area contributed by atoms with E-state index in [0.717, 1.165) is 0 Å². The van der Waals surface area contributed by atoms with Crippen molar-refractivity contribution in [2.45, 2.75) is 0 Å². The Labute approximate surface area is 147 Å². The van der Waals surface area contributed by atoms with Gasteiger partial charge < -0.3 is 4.84 Å². The molecule has 0 unspecified atom stereocenters. The van der Waals surface area contributed by atoms with Crippen LogP contribution in [-0.4, -0.2) is 37.6 Å². The monoisotopic (exact) mass is 348 g/mol. The summed E-state index contributed by atoms with van der Waals surface area (Å²) in [7, 11) is 1.66. The van der Waals surface area contributed by atoms with Crippen LogP contribution >= 0.6 is 0 Å². The summed E-state index contributed by atoms with van der Waals surface area (Å²) in [4.78, 5) is 46.3. The number of pyridine rings is 1. The molecule has 1 aliphatic heterocycles. The fourth-order valence-corrected chi connectivity index (χ4v) is 2.74. The minimum absolute atomic E-state index is 0.134. The molecule has 8 nitrogen and oxygen atoms in total. The van der Waals surface area contributed by atoms with Crippen LogP contribution in [-0.2, 0) is 11.9 Å². The number of benzene rings is 1. The molecule has 0 fully saturated rings. The highest BCUT2D eigenvalue weighted by Crippen LogP contribution is 2.26. The van der Waals surface area contributed by atoms with Gasteiger partial charge >= 0.3 is 5.97 Å². The molecule has 0 bridgehead atoms. The van der Waals surface area contributed by atoms with E-state index in [0.29, 0.717) is 16.3 Å². The van der Waals surface area contributed by atoms with Crippen LogP contribution < -0.4 is 0 Å². The lowest BCUT2D eigenvalue weighted by molar-refractivity contribution is -0.0584. The third kappa shape index (κ3) is 2.44. The molecule has 3 heterocycles. The van der Waals surface area contributed by atoms with E-state index in [4.69, 9.17) is 4.84 Å². The zero-order valence-corrected chi connectivity index (χ0v) is 13.6. The second-order valence-corrected chi connectivity index (χ2v) is 5.63. The van der Waals surface area contributed by atoms with Gasteiger partial charge in [-0.2, -0.15) is 5.10 Å². The molecular formula is C18H12N4O4. The zero-order chi connectivity index (χ0) is 18.3. The molecule has 0 N–H and O–H groups in total. The quantitative estimate of drug-likeness (QED) is 0.671. The van der Waals surface area contributed by atoms with E-state index in [1.807, 2.05) is 0 Å². The van der Waals surface area contributed by atoms with Gasteiger partial charge in [-0.05, 0) is 24.3 Å². The SMILES string of the molecule is Cn1cc(C(=O)ON2C(=O)c3ccccc3C2=O)c(-c2ccncc2)n1. The lowest BCUT2D eigenvalue weighted by atomic mass is 10.1. The average molecular weight is 348 g/mol. The van der Waals surface area contributed by atoms with Crippen LogP contribution in [0.15, 0.2) is 55.0 Å². The van der Waals surface area contributed by atoms with Gasteiger partial charge in [0, 0.05) is 31.2 Å². The lowest BCUT2D eigenvalue weighted by Gasteiger charge is -2.12. The molecule has 2 amide bonds. The van der Waals surface area contributed by atoms with Crippen LogP contribution in [0.5, 0.6) is 0 Å². The Morgan fingerprint density at radius 1 is 1.00 bits per heavy atom. The molecule has 0 spiro atoms. The molecular weight excluding hydrogens is 336 g/mol. The molecule has 3 aromatic rings. The minimum Gasteiger partial charge on any atom is -0.324 e. The molecule has 128 valence electrons. The van der Waals surface area contributed by atoms with E-state index >= 15 is 0 Å². The molecule has 0 aliphatic carbocycles. The molecule has 0 atom stereocenters. The summed E-state index contributed by atoms with van der Waals surface area (Å²) in [6, 6.07) is 9.68. The Hall–Kier alpha value is -3.81. The van der Waals surface area contributed by atoms with Gasteiger partial charge in [-0.15, -0.1) is 0 Å². The molecule has 26 heavy (non-hydrogen) atoms. The average Bonchev–Trinajstić information content (AvgIpc) is 3.17. The van der Waals surface area contributed by atoms with E-state index in [1.165, 1.54) is 23.0 Å². The number of hydrogen-bond acceptors (Lipinski definition) is 6. The second-order valence-electron chi connectivity index (χ2n) is 5.63. The first-order chi connectivity index (χ1) is 12.6. The molecule has 1 aromatic carbocycles. The third-order valence-corrected chi connectivity index (χ3v) is 3.93. The van der Waals surface area contributed by atoms with Crippen molar-refractivity contribution >= 4 is 17.8 Å². The van der Waals surface area contributed by atoms with Crippen LogP contribution in [0, 0.1) is 0 Å². The lowest BCUT2D eigenvalue weighted by Crippen LogP contribution is -2.32. The van der Waals surface area contributed by atoms with Gasteiger partial charge in [-0.3, -0.25) is 19.3 Å². The largest absolute Gasteiger partial charge is 0.367 e. The van der Waals surface area contributed by atoms with Crippen LogP contribution in [0.4, 0.5) is 0 Å². The van der Waals surface area contributed by atoms with Gasteiger partial charge in [-0.1, -0.05) is 17.2 Å². The van der Waals surface area contributed by atoms with Gasteiger partial charge in [0.25, 0.3) is 11.8 Å². The Bertz CT molecular complexity index is 1010. The molecule has 8 heteroatoms. The number of hydrogen-bond donors (Lipinski definition) is 0. The van der Waals surface area contributed by atoms with Gasteiger partial charge in [0.1, 0.15) is 11.3 Å². The standard InChI is InChI=1S/C18H12N4O4/c1-21-10-14(15(20-21)11-6-8-19-9-7-11)18(25)26-22-16(23)12-4-2-3-5-13(12)17(22)24/h2-10H,1H3. The number of imide groups is 1. The van der Waals surface area contributed by atoms with E-state index in [9.17, 15) is 14.4 Å². The summed E-state index contributed by atoms with van der Waals surface area (Å²) in [5, 5.41) is 4.74. The van der Waals surface area contributed by atoms with Gasteiger partial charge in [0.15, 0.2) is 0 Å². The van der Waals surface area contributed by atoms with E-state index < -0.39 is 17.8 Å². The number of aromatic nitrogens is 3. The van der Waals surface area contributed by atoms with Crippen molar-refractivity contribution in [1.82, 2.24) is 19.8 Å². The highest BCUT2D eigenvalue weighted by Gasteiger charge is 2.39. The van der Waals surface area contributed by atoms with Gasteiger partial charge in [-0.25, -0.2) is 4.79 Å². The topological polar surface area (TPSA) is 94.4 Å². The number of nitrogens with zero attached hydrogens (tertiary/aromatic N) is 4. The molecule has 0 saturated heterocycles. The molecule has 0 saturated carbocycles. The van der Waals surface area contributed by atoms with E-state index in [2.05, 4.69) is 10.1 Å². The number of amides is 2. The maximum absolute atomic E-state index is 12.6. The smallest absolute Gasteiger partial charge is 0.324 e. The fraction of sp³-hybridized carbons (Fsp3) is 0.0556. The normalized spacial score (nSPS) is 13.0. The molecule has 2 aromatic heterocycles. The van der Waals surface area contributed by atoms with Crippen molar-refractivity contribution in [3.63, 3.8) is 0 Å². The van der Waals surface area contributed by atoms with Crippen molar-refractivity contribution in [3.05, 3.63) is 71.7 Å². The number of aryl methyl sites for hydroxylation is 1. The second kappa shape index (κ2) is 5.92. The maximum atomic E-state index is 12.6. The van der Waals surface area contributed by atoms with Gasteiger partial charge in [0.2, 0.25) is 0 Å². The van der Waals surface area contributed by atoms with E-state index in [1.54, 1.807) is 43.7 Å². The highest BCUT2D eigenvalue weighted by atomic mass is 16.7. The fourth-order valence-electron chi connectivity index (χ4n) is 2.74. The van der Waals surface area contributed by atoms with Crippen molar-refractivity contribution in [1.29, 1.82) is 0 Å². The Balaban J connectivity index is 1.65. The first-order valence-electron chi connectivity index (χ1n) is 7.70. The summed E-state index contributed by atoms with van der Waals surface area (Å²) in [5.41, 5.74) is 1.57. The highest BCUT2D eigenvalue weighted by molar-refractivity contribution is 6.21. The summed E-state index contributed by atoms with van der Waals surface area (Å²) in [6.45, 7) is 0. The number of carbonyl (C=O) groups excluding carboxylic acids is 3. The number of carbonyl (C=O) groups is 3. The van der Waals surface area contributed by atoms with Crippen LogP contribution in [0.2, 0.25) is 0 Å². The maximum Gasteiger partial charge on any atom is 0.367 e. The third-order valence-electron chi connectivity index (χ3n) is 3.93.